The maximum atomic E-state index is 12.8. The maximum Gasteiger partial charge on any atom is 0.326 e. The third-order valence-electron chi connectivity index (χ3n) is 6.65. The first-order chi connectivity index (χ1) is 16.4. The molecule has 3 N–H and O–H groups in total. The van der Waals surface area contributed by atoms with E-state index in [9.17, 15) is 14.7 Å². The molecule has 1 amide bonds. The van der Waals surface area contributed by atoms with Crippen molar-refractivity contribution < 1.29 is 19.4 Å². The van der Waals surface area contributed by atoms with Gasteiger partial charge in [-0.15, -0.1) is 0 Å². The first-order valence-electron chi connectivity index (χ1n) is 11.9. The molecule has 1 aromatic carbocycles. The average molecular weight is 465 g/mol. The molecule has 8 heteroatoms. The molecule has 0 spiro atoms. The number of amides is 1. The second-order valence-corrected chi connectivity index (χ2v) is 9.38. The Morgan fingerprint density at radius 1 is 1.15 bits per heavy atom. The molecule has 1 fully saturated rings. The average Bonchev–Trinajstić information content (AvgIpc) is 3.33. The molecule has 1 aliphatic carbocycles. The molecule has 0 bridgehead atoms. The Kier molecular flexibility index (Phi) is 7.45. The van der Waals surface area contributed by atoms with Crippen LogP contribution in [0.3, 0.4) is 0 Å². The van der Waals surface area contributed by atoms with Gasteiger partial charge in [-0.2, -0.15) is 0 Å². The number of benzene rings is 1. The van der Waals surface area contributed by atoms with E-state index in [1.54, 1.807) is 6.20 Å². The second kappa shape index (κ2) is 10.7. The Morgan fingerprint density at radius 3 is 2.59 bits per heavy atom. The van der Waals surface area contributed by atoms with Crippen LogP contribution < -0.4 is 10.6 Å². The van der Waals surface area contributed by atoms with Gasteiger partial charge in [0, 0.05) is 30.1 Å². The molecule has 1 aliphatic heterocycles. The minimum absolute atomic E-state index is 0.00978. The highest BCUT2D eigenvalue weighted by Gasteiger charge is 2.36. The zero-order valence-corrected chi connectivity index (χ0v) is 19.5. The summed E-state index contributed by atoms with van der Waals surface area (Å²) >= 11 is 0. The van der Waals surface area contributed by atoms with E-state index < -0.39 is 17.4 Å². The van der Waals surface area contributed by atoms with Crippen LogP contribution >= 0.6 is 0 Å². The number of rotatable bonds is 9. The van der Waals surface area contributed by atoms with Gasteiger partial charge in [-0.25, -0.2) is 14.8 Å². The lowest BCUT2D eigenvalue weighted by Gasteiger charge is -2.33. The van der Waals surface area contributed by atoms with Gasteiger partial charge >= 0.3 is 5.97 Å². The van der Waals surface area contributed by atoms with Crippen LogP contribution in [0.15, 0.2) is 53.7 Å². The number of pyridine rings is 1. The van der Waals surface area contributed by atoms with Crippen LogP contribution in [-0.4, -0.2) is 53.1 Å². The number of carboxylic acids is 1. The lowest BCUT2D eigenvalue weighted by Crippen LogP contribution is -2.49. The van der Waals surface area contributed by atoms with Gasteiger partial charge in [0.15, 0.2) is 0 Å². The number of hydrogen-bond donors (Lipinski definition) is 3. The number of carboxylic acid groups (broad SMARTS) is 1. The first-order valence-corrected chi connectivity index (χ1v) is 11.9. The number of ether oxygens (including phenoxy) is 1. The van der Waals surface area contributed by atoms with Gasteiger partial charge in [0.1, 0.15) is 24.5 Å². The van der Waals surface area contributed by atoms with Crippen LogP contribution in [0.5, 0.6) is 0 Å². The summed E-state index contributed by atoms with van der Waals surface area (Å²) in [6.45, 7) is 3.05. The van der Waals surface area contributed by atoms with Crippen LogP contribution in [0.25, 0.3) is 0 Å². The Labute approximate surface area is 199 Å². The van der Waals surface area contributed by atoms with Crippen LogP contribution in [0.2, 0.25) is 0 Å². The third-order valence-corrected chi connectivity index (χ3v) is 6.65. The predicted octanol–water partition coefficient (Wildman–Crippen LogP) is 3.42. The van der Waals surface area contributed by atoms with Gasteiger partial charge in [-0.1, -0.05) is 44.4 Å². The number of nitrogens with one attached hydrogen (secondary N) is 2. The zero-order chi connectivity index (χ0) is 24.0. The molecule has 1 saturated carbocycles. The standard InChI is InChI=1S/C26H32N4O4/c1-26(12-4-2-5-13-26)25(33)30-21(24(31)32)15-18-8-10-19(11-9-18)23-29-20(17-34-23)16-28-22-7-3-6-14-27-22/h3,6-11,14,20-21H,2,4-5,12-13,15-17H2,1H3,(H,27,28)(H,30,33)(H,31,32). The van der Waals surface area contributed by atoms with E-state index in [0.717, 1.165) is 49.0 Å². The van der Waals surface area contributed by atoms with Gasteiger partial charge in [-0.05, 0) is 42.7 Å². The summed E-state index contributed by atoms with van der Waals surface area (Å²) in [6, 6.07) is 12.2. The highest BCUT2D eigenvalue weighted by atomic mass is 16.5. The Hall–Kier alpha value is -3.42. The van der Waals surface area contributed by atoms with Crippen LogP contribution in [-0.2, 0) is 20.7 Å². The van der Waals surface area contributed by atoms with Crippen molar-refractivity contribution in [3.05, 3.63) is 59.8 Å². The lowest BCUT2D eigenvalue weighted by atomic mass is 9.75. The number of hydrogen-bond acceptors (Lipinski definition) is 6. The van der Waals surface area contributed by atoms with Crippen molar-refractivity contribution in [2.75, 3.05) is 18.5 Å². The Morgan fingerprint density at radius 2 is 1.91 bits per heavy atom. The van der Waals surface area contributed by atoms with E-state index in [1.165, 1.54) is 0 Å². The van der Waals surface area contributed by atoms with Crippen molar-refractivity contribution in [2.45, 2.75) is 57.5 Å². The summed E-state index contributed by atoms with van der Waals surface area (Å²) in [6.07, 6.45) is 6.72. The summed E-state index contributed by atoms with van der Waals surface area (Å²) in [5.74, 6) is 0.194. The lowest BCUT2D eigenvalue weighted by molar-refractivity contribution is -0.144. The molecular formula is C26H32N4O4. The Bertz CT molecular complexity index is 1020. The normalized spacial score (nSPS) is 20.0. The SMILES string of the molecule is CC1(C(=O)NC(Cc2ccc(C3=NC(CNc4ccccn4)CO3)cc2)C(=O)O)CCCCC1. The number of anilines is 1. The largest absolute Gasteiger partial charge is 0.480 e. The van der Waals surface area contributed by atoms with Crippen molar-refractivity contribution in [1.82, 2.24) is 10.3 Å². The van der Waals surface area contributed by atoms with Crippen molar-refractivity contribution in [3.63, 3.8) is 0 Å². The predicted molar refractivity (Wildman–Crippen MR) is 130 cm³/mol. The number of carbonyl (C=O) groups excluding carboxylic acids is 1. The second-order valence-electron chi connectivity index (χ2n) is 9.38. The maximum absolute atomic E-state index is 12.8. The number of aliphatic imine (C=N–C) groups is 1. The zero-order valence-electron chi connectivity index (χ0n) is 19.5. The summed E-state index contributed by atoms with van der Waals surface area (Å²) in [5.41, 5.74) is 1.20. The quantitative estimate of drug-likeness (QED) is 0.524. The molecule has 2 aliphatic rings. The number of aromatic nitrogens is 1. The number of nitrogens with zero attached hydrogens (tertiary/aromatic N) is 2. The molecule has 2 heterocycles. The molecule has 1 aromatic heterocycles. The van der Waals surface area contributed by atoms with Crippen LogP contribution in [0.4, 0.5) is 5.82 Å². The van der Waals surface area contributed by atoms with Crippen molar-refractivity contribution in [3.8, 4) is 0 Å². The molecule has 2 unspecified atom stereocenters. The van der Waals surface area contributed by atoms with E-state index in [-0.39, 0.29) is 18.4 Å². The van der Waals surface area contributed by atoms with Crippen molar-refractivity contribution >= 4 is 23.6 Å². The highest BCUT2D eigenvalue weighted by Crippen LogP contribution is 2.36. The van der Waals surface area contributed by atoms with Gasteiger partial charge in [0.2, 0.25) is 11.8 Å². The number of aliphatic carboxylic acids is 1. The molecular weight excluding hydrogens is 432 g/mol. The van der Waals surface area contributed by atoms with Crippen molar-refractivity contribution in [1.29, 1.82) is 0 Å². The summed E-state index contributed by atoms with van der Waals surface area (Å²) in [7, 11) is 0. The van der Waals surface area contributed by atoms with Gasteiger partial charge < -0.3 is 20.5 Å². The van der Waals surface area contributed by atoms with Gasteiger partial charge in [0.25, 0.3) is 0 Å². The minimum atomic E-state index is -1.02. The van der Waals surface area contributed by atoms with E-state index >= 15 is 0 Å². The molecule has 0 saturated heterocycles. The molecule has 4 rings (SSSR count). The fourth-order valence-corrected chi connectivity index (χ4v) is 4.48. The highest BCUT2D eigenvalue weighted by molar-refractivity contribution is 5.95. The third kappa shape index (κ3) is 5.92. The van der Waals surface area contributed by atoms with E-state index in [2.05, 4.69) is 20.6 Å². The topological polar surface area (TPSA) is 113 Å². The molecule has 180 valence electrons. The van der Waals surface area contributed by atoms with E-state index in [0.29, 0.717) is 19.0 Å². The van der Waals surface area contributed by atoms with Crippen LogP contribution in [0, 0.1) is 5.41 Å². The fourth-order valence-electron chi connectivity index (χ4n) is 4.48. The Balaban J connectivity index is 1.34. The smallest absolute Gasteiger partial charge is 0.326 e. The molecule has 2 aromatic rings. The minimum Gasteiger partial charge on any atom is -0.480 e. The summed E-state index contributed by atoms with van der Waals surface area (Å²) in [5, 5.41) is 15.7. The monoisotopic (exact) mass is 464 g/mol. The summed E-state index contributed by atoms with van der Waals surface area (Å²) < 4.78 is 5.77. The van der Waals surface area contributed by atoms with E-state index in [4.69, 9.17) is 4.74 Å². The molecule has 8 nitrogen and oxygen atoms in total. The van der Waals surface area contributed by atoms with E-state index in [1.807, 2.05) is 49.4 Å². The molecule has 0 radical (unpaired) electrons. The first kappa shape index (κ1) is 23.7. The molecule has 34 heavy (non-hydrogen) atoms. The van der Waals surface area contributed by atoms with Crippen LogP contribution in [0.1, 0.15) is 50.2 Å². The number of carbonyl (C=O) groups is 2. The van der Waals surface area contributed by atoms with Gasteiger partial charge in [0.05, 0.1) is 0 Å². The summed E-state index contributed by atoms with van der Waals surface area (Å²) in [4.78, 5) is 33.5. The van der Waals surface area contributed by atoms with Gasteiger partial charge in [-0.3, -0.25) is 4.79 Å². The van der Waals surface area contributed by atoms with Crippen molar-refractivity contribution in [2.24, 2.45) is 10.4 Å². The fraction of sp³-hybridized carbons (Fsp3) is 0.462. The molecule has 2 atom stereocenters.